The molecule has 2 aromatic carbocycles. The van der Waals surface area contributed by atoms with Crippen LogP contribution < -0.4 is 15.0 Å². The Kier molecular flexibility index (Phi) is 6.18. The molecule has 0 radical (unpaired) electrons. The smallest absolute Gasteiger partial charge is 0.242 e. The maximum Gasteiger partial charge on any atom is 0.242 e. The molecule has 2 aliphatic heterocycles. The molecule has 0 spiro atoms. The Labute approximate surface area is 181 Å². The number of amides is 1. The van der Waals surface area contributed by atoms with E-state index in [0.717, 1.165) is 61.7 Å². The molecule has 2 heterocycles. The fourth-order valence-corrected chi connectivity index (χ4v) is 4.24. The Morgan fingerprint density at radius 2 is 1.86 bits per heavy atom. The molecule has 2 aromatic rings. The van der Waals surface area contributed by atoms with Crippen LogP contribution >= 0.6 is 23.2 Å². The van der Waals surface area contributed by atoms with Gasteiger partial charge in [-0.2, -0.15) is 0 Å². The number of rotatable bonds is 5. The standard InChI is InChI=1S/C22H25Cl2N3O2/c1-2-11-29-17-5-3-15-12-21(22(28)25-20(15)14-17)27-9-7-26(8-10-27)16-4-6-18(23)19(24)13-16/h3-6,13-14,21H,2,7-12H2,1H3,(H,25,28). The van der Waals surface area contributed by atoms with Crippen molar-refractivity contribution in [2.24, 2.45) is 0 Å². The lowest BCUT2D eigenvalue weighted by Crippen LogP contribution is -2.55. The van der Waals surface area contributed by atoms with Gasteiger partial charge in [0.1, 0.15) is 5.75 Å². The van der Waals surface area contributed by atoms with Crippen molar-refractivity contribution in [3.05, 3.63) is 52.0 Å². The van der Waals surface area contributed by atoms with Gasteiger partial charge in [-0.1, -0.05) is 36.2 Å². The van der Waals surface area contributed by atoms with Gasteiger partial charge >= 0.3 is 0 Å². The predicted octanol–water partition coefficient (Wildman–Crippen LogP) is 4.47. The average Bonchev–Trinajstić information content (AvgIpc) is 2.74. The molecule has 1 saturated heterocycles. The quantitative estimate of drug-likeness (QED) is 0.755. The fraction of sp³-hybridized carbons (Fsp3) is 0.409. The van der Waals surface area contributed by atoms with Crippen LogP contribution in [0.4, 0.5) is 11.4 Å². The fourth-order valence-electron chi connectivity index (χ4n) is 3.95. The molecule has 0 bridgehead atoms. The van der Waals surface area contributed by atoms with Crippen molar-refractivity contribution in [2.45, 2.75) is 25.8 Å². The molecule has 154 valence electrons. The number of halogens is 2. The average molecular weight is 434 g/mol. The summed E-state index contributed by atoms with van der Waals surface area (Å²) in [7, 11) is 0. The molecular weight excluding hydrogens is 409 g/mol. The van der Waals surface area contributed by atoms with Crippen LogP contribution in [0.2, 0.25) is 10.0 Å². The van der Waals surface area contributed by atoms with Gasteiger partial charge in [0.15, 0.2) is 0 Å². The molecule has 1 N–H and O–H groups in total. The van der Waals surface area contributed by atoms with E-state index in [1.54, 1.807) is 0 Å². The molecule has 29 heavy (non-hydrogen) atoms. The number of fused-ring (bicyclic) bond motifs is 1. The highest BCUT2D eigenvalue weighted by Crippen LogP contribution is 2.31. The van der Waals surface area contributed by atoms with Gasteiger partial charge in [0.25, 0.3) is 0 Å². The maximum atomic E-state index is 12.8. The second-order valence-corrected chi connectivity index (χ2v) is 8.31. The topological polar surface area (TPSA) is 44.8 Å². The third-order valence-electron chi connectivity index (χ3n) is 5.55. The second-order valence-electron chi connectivity index (χ2n) is 7.50. The van der Waals surface area contributed by atoms with Gasteiger partial charge in [-0.25, -0.2) is 0 Å². The molecule has 0 aliphatic carbocycles. The first-order chi connectivity index (χ1) is 14.0. The number of ether oxygens (including phenoxy) is 1. The van der Waals surface area contributed by atoms with Gasteiger partial charge in [0.05, 0.1) is 22.7 Å². The Morgan fingerprint density at radius 1 is 1.07 bits per heavy atom. The minimum Gasteiger partial charge on any atom is -0.494 e. The number of nitrogens with zero attached hydrogens (tertiary/aromatic N) is 2. The first-order valence-electron chi connectivity index (χ1n) is 10.1. The normalized spacial score (nSPS) is 19.6. The zero-order valence-electron chi connectivity index (χ0n) is 16.5. The lowest BCUT2D eigenvalue weighted by atomic mass is 9.97. The Morgan fingerprint density at radius 3 is 2.59 bits per heavy atom. The van der Waals surface area contributed by atoms with E-state index in [-0.39, 0.29) is 11.9 Å². The molecule has 1 unspecified atom stereocenters. The summed E-state index contributed by atoms with van der Waals surface area (Å²) in [6.45, 7) is 6.10. The zero-order chi connectivity index (χ0) is 20.4. The number of nitrogens with one attached hydrogen (secondary N) is 1. The molecular formula is C22H25Cl2N3O2. The van der Waals surface area contributed by atoms with Crippen molar-refractivity contribution in [3.8, 4) is 5.75 Å². The van der Waals surface area contributed by atoms with Crippen molar-refractivity contribution >= 4 is 40.5 Å². The van der Waals surface area contributed by atoms with Crippen molar-refractivity contribution in [2.75, 3.05) is 43.0 Å². The lowest BCUT2D eigenvalue weighted by molar-refractivity contribution is -0.121. The van der Waals surface area contributed by atoms with E-state index in [2.05, 4.69) is 28.1 Å². The zero-order valence-corrected chi connectivity index (χ0v) is 18.0. The Hall–Kier alpha value is -1.95. The molecule has 1 amide bonds. The van der Waals surface area contributed by atoms with E-state index in [4.69, 9.17) is 27.9 Å². The molecule has 5 nitrogen and oxygen atoms in total. The first-order valence-corrected chi connectivity index (χ1v) is 10.8. The van der Waals surface area contributed by atoms with Crippen LogP contribution in [0.5, 0.6) is 5.75 Å². The number of benzene rings is 2. The van der Waals surface area contributed by atoms with E-state index < -0.39 is 0 Å². The van der Waals surface area contributed by atoms with Crippen molar-refractivity contribution in [1.29, 1.82) is 0 Å². The van der Waals surface area contributed by atoms with Crippen LogP contribution in [0.25, 0.3) is 0 Å². The largest absolute Gasteiger partial charge is 0.494 e. The summed E-state index contributed by atoms with van der Waals surface area (Å²) in [5.41, 5.74) is 3.09. The van der Waals surface area contributed by atoms with E-state index in [1.807, 2.05) is 30.3 Å². The van der Waals surface area contributed by atoms with Crippen molar-refractivity contribution in [1.82, 2.24) is 4.90 Å². The first kappa shape index (κ1) is 20.3. The highest BCUT2D eigenvalue weighted by atomic mass is 35.5. The van der Waals surface area contributed by atoms with E-state index in [9.17, 15) is 4.79 Å². The molecule has 7 heteroatoms. The summed E-state index contributed by atoms with van der Waals surface area (Å²) in [4.78, 5) is 17.3. The number of carbonyl (C=O) groups excluding carboxylic acids is 1. The van der Waals surface area contributed by atoms with Gasteiger partial charge in [0, 0.05) is 43.6 Å². The van der Waals surface area contributed by atoms with Crippen LogP contribution in [-0.2, 0) is 11.2 Å². The summed E-state index contributed by atoms with van der Waals surface area (Å²) < 4.78 is 5.68. The predicted molar refractivity (Wildman–Crippen MR) is 119 cm³/mol. The third-order valence-corrected chi connectivity index (χ3v) is 6.29. The van der Waals surface area contributed by atoms with Gasteiger partial charge in [-0.05, 0) is 42.7 Å². The number of anilines is 2. The monoisotopic (exact) mass is 433 g/mol. The van der Waals surface area contributed by atoms with Gasteiger partial charge in [-0.15, -0.1) is 0 Å². The van der Waals surface area contributed by atoms with E-state index >= 15 is 0 Å². The van der Waals surface area contributed by atoms with Gasteiger partial charge < -0.3 is 15.0 Å². The highest BCUT2D eigenvalue weighted by molar-refractivity contribution is 6.42. The summed E-state index contributed by atoms with van der Waals surface area (Å²) in [6.07, 6.45) is 1.68. The lowest BCUT2D eigenvalue weighted by Gasteiger charge is -2.41. The van der Waals surface area contributed by atoms with E-state index in [1.165, 1.54) is 0 Å². The minimum atomic E-state index is -0.138. The van der Waals surface area contributed by atoms with Crippen LogP contribution in [0.1, 0.15) is 18.9 Å². The highest BCUT2D eigenvalue weighted by Gasteiger charge is 2.33. The van der Waals surface area contributed by atoms with E-state index in [0.29, 0.717) is 16.7 Å². The number of piperazine rings is 1. The summed E-state index contributed by atoms with van der Waals surface area (Å²) in [5, 5.41) is 4.21. The Bertz CT molecular complexity index is 898. The SMILES string of the molecule is CCCOc1ccc2c(c1)NC(=O)C(N1CCN(c3ccc(Cl)c(Cl)c3)CC1)C2. The Balaban J connectivity index is 1.40. The number of hydrogen-bond acceptors (Lipinski definition) is 4. The molecule has 4 rings (SSSR count). The molecule has 0 aromatic heterocycles. The molecule has 0 saturated carbocycles. The maximum absolute atomic E-state index is 12.8. The molecule has 1 fully saturated rings. The summed E-state index contributed by atoms with van der Waals surface area (Å²) in [5.74, 6) is 0.868. The molecule has 1 atom stereocenters. The molecule has 2 aliphatic rings. The van der Waals surface area contributed by atoms with Crippen LogP contribution in [0.15, 0.2) is 36.4 Å². The second kappa shape index (κ2) is 8.82. The number of hydrogen-bond donors (Lipinski definition) is 1. The minimum absolute atomic E-state index is 0.0631. The summed E-state index contributed by atoms with van der Waals surface area (Å²) in [6, 6.07) is 11.6. The number of carbonyl (C=O) groups is 1. The van der Waals surface area contributed by atoms with Crippen LogP contribution in [0, 0.1) is 0 Å². The van der Waals surface area contributed by atoms with Crippen LogP contribution in [0.3, 0.4) is 0 Å². The van der Waals surface area contributed by atoms with Crippen LogP contribution in [-0.4, -0.2) is 49.6 Å². The summed E-state index contributed by atoms with van der Waals surface area (Å²) >= 11 is 12.2. The third kappa shape index (κ3) is 4.47. The van der Waals surface area contributed by atoms with Crippen molar-refractivity contribution < 1.29 is 9.53 Å². The van der Waals surface area contributed by atoms with Gasteiger partial charge in [0.2, 0.25) is 5.91 Å². The van der Waals surface area contributed by atoms with Gasteiger partial charge in [-0.3, -0.25) is 9.69 Å². The van der Waals surface area contributed by atoms with Crippen molar-refractivity contribution in [3.63, 3.8) is 0 Å².